The molecule has 2 amide bonds. The molecule has 0 saturated carbocycles. The summed E-state index contributed by atoms with van der Waals surface area (Å²) in [6.07, 6.45) is 4.07. The third-order valence-electron chi connectivity index (χ3n) is 7.28. The number of anilines is 2. The molecule has 8 heteroatoms. The zero-order chi connectivity index (χ0) is 26.1. The highest BCUT2D eigenvalue weighted by Crippen LogP contribution is 2.40. The van der Waals surface area contributed by atoms with Crippen LogP contribution in [0.4, 0.5) is 15.8 Å². The summed E-state index contributed by atoms with van der Waals surface area (Å²) in [7, 11) is 0. The molecule has 2 aliphatic rings. The van der Waals surface area contributed by atoms with Gasteiger partial charge in [-0.1, -0.05) is 20.4 Å². The highest BCUT2D eigenvalue weighted by molar-refractivity contribution is 6.36. The van der Waals surface area contributed by atoms with E-state index >= 15 is 0 Å². The highest BCUT2D eigenvalue weighted by atomic mass is 19.1. The minimum Gasteiger partial charge on any atom is -0.358 e. The third-order valence-corrected chi connectivity index (χ3v) is 7.28. The van der Waals surface area contributed by atoms with E-state index in [4.69, 9.17) is 0 Å². The molecule has 4 rings (SSSR count). The van der Waals surface area contributed by atoms with Crippen molar-refractivity contribution in [1.29, 1.82) is 0 Å². The quantitative estimate of drug-likeness (QED) is 0.377. The van der Waals surface area contributed by atoms with Gasteiger partial charge in [-0.2, -0.15) is 0 Å². The fourth-order valence-electron chi connectivity index (χ4n) is 5.19. The maximum absolute atomic E-state index is 14.3. The van der Waals surface area contributed by atoms with Crippen molar-refractivity contribution < 1.29 is 18.8 Å². The number of hydrogen-bond acceptors (Lipinski definition) is 4. The van der Waals surface area contributed by atoms with E-state index < -0.39 is 11.7 Å². The van der Waals surface area contributed by atoms with Gasteiger partial charge in [-0.05, 0) is 81.1 Å². The number of carbonyl (C=O) groups is 3. The van der Waals surface area contributed by atoms with Gasteiger partial charge in [-0.3, -0.25) is 14.4 Å². The van der Waals surface area contributed by atoms with Crippen LogP contribution in [-0.4, -0.2) is 47.1 Å². The summed E-state index contributed by atoms with van der Waals surface area (Å²) in [4.78, 5) is 43.5. The topological polar surface area (TPSA) is 94.3 Å². The number of nitrogens with zero attached hydrogens (tertiary/aromatic N) is 1. The number of aromatic amines is 1. The minimum absolute atomic E-state index is 0.0549. The maximum Gasteiger partial charge on any atom is 0.256 e. The van der Waals surface area contributed by atoms with E-state index in [0.29, 0.717) is 34.5 Å². The molecular formula is C28H33FN4O3. The van der Waals surface area contributed by atoms with Crippen LogP contribution in [0.3, 0.4) is 0 Å². The number of ketones is 1. The summed E-state index contributed by atoms with van der Waals surface area (Å²) in [5, 5.41) is 5.29. The number of benzene rings is 1. The van der Waals surface area contributed by atoms with Crippen molar-refractivity contribution in [3.05, 3.63) is 58.2 Å². The summed E-state index contributed by atoms with van der Waals surface area (Å²) in [6, 6.07) is 2.44. The molecule has 1 aromatic carbocycles. The largest absolute Gasteiger partial charge is 0.358 e. The molecule has 1 unspecified atom stereocenters. The maximum atomic E-state index is 14.3. The van der Waals surface area contributed by atoms with Crippen molar-refractivity contribution in [3.63, 3.8) is 0 Å². The lowest BCUT2D eigenvalue weighted by molar-refractivity contribution is -0.114. The second kappa shape index (κ2) is 10.2. The Labute approximate surface area is 210 Å². The van der Waals surface area contributed by atoms with Crippen molar-refractivity contribution in [2.75, 3.05) is 30.3 Å². The summed E-state index contributed by atoms with van der Waals surface area (Å²) >= 11 is 0. The van der Waals surface area contributed by atoms with E-state index in [1.54, 1.807) is 6.08 Å². The number of amides is 2. The van der Waals surface area contributed by atoms with Gasteiger partial charge in [0.2, 0.25) is 5.91 Å². The van der Waals surface area contributed by atoms with E-state index in [2.05, 4.69) is 40.9 Å². The molecule has 0 spiro atoms. The van der Waals surface area contributed by atoms with Gasteiger partial charge in [-0.25, -0.2) is 4.39 Å². The average molecular weight is 493 g/mol. The lowest BCUT2D eigenvalue weighted by Gasteiger charge is -2.22. The van der Waals surface area contributed by atoms with E-state index in [-0.39, 0.29) is 28.9 Å². The Bertz CT molecular complexity index is 1290. The standard InChI is InChI=1S/C28H33FN4O3/c1-6-33(7-2)11-10-18-8-9-22-25(27(35)15(18)3)16(4)23(31-22)14-21-20-12-19(29)13-24(30-17(5)34)26(20)32-28(21)36/h12-14,18,31H,3,6-11H2,1-2,4-5H3,(H,30,34)(H,32,36)/b21-14-. The fraction of sp³-hybridized carbons (Fsp3) is 0.393. The average Bonchev–Trinajstić information content (AvgIpc) is 3.27. The van der Waals surface area contributed by atoms with Crippen LogP contribution in [0.25, 0.3) is 11.6 Å². The Morgan fingerprint density at radius 3 is 2.67 bits per heavy atom. The predicted octanol–water partition coefficient (Wildman–Crippen LogP) is 4.95. The number of nitrogens with one attached hydrogen (secondary N) is 3. The number of H-pyrrole nitrogens is 1. The third kappa shape index (κ3) is 4.78. The molecule has 1 aliphatic carbocycles. The van der Waals surface area contributed by atoms with E-state index in [0.717, 1.165) is 43.7 Å². The number of aromatic nitrogens is 1. The van der Waals surface area contributed by atoms with Crippen LogP contribution in [-0.2, 0) is 16.0 Å². The van der Waals surface area contributed by atoms with Crippen molar-refractivity contribution in [2.45, 2.75) is 47.0 Å². The molecule has 2 heterocycles. The summed E-state index contributed by atoms with van der Waals surface area (Å²) < 4.78 is 14.3. The molecule has 0 bridgehead atoms. The Morgan fingerprint density at radius 2 is 2.00 bits per heavy atom. The molecule has 3 N–H and O–H groups in total. The number of halogens is 1. The van der Waals surface area contributed by atoms with Crippen molar-refractivity contribution in [3.8, 4) is 0 Å². The number of aryl methyl sites for hydroxylation is 1. The Balaban J connectivity index is 1.65. The van der Waals surface area contributed by atoms with Crippen molar-refractivity contribution in [1.82, 2.24) is 9.88 Å². The van der Waals surface area contributed by atoms with Crippen LogP contribution in [0.1, 0.15) is 66.5 Å². The molecule has 36 heavy (non-hydrogen) atoms. The molecule has 1 aliphatic heterocycles. The Morgan fingerprint density at radius 1 is 1.28 bits per heavy atom. The number of Topliss-reactive ketones (excluding diaryl/α,β-unsaturated/α-hetero) is 1. The zero-order valence-electron chi connectivity index (χ0n) is 21.3. The van der Waals surface area contributed by atoms with E-state index in [1.165, 1.54) is 19.1 Å². The van der Waals surface area contributed by atoms with Gasteiger partial charge in [0.25, 0.3) is 5.91 Å². The normalized spacial score (nSPS) is 18.3. The SMILES string of the molecule is C=C1C(=O)c2c([nH]c(/C=C3\C(=O)Nc4c(NC(C)=O)cc(F)cc43)c2C)CCC1CCN(CC)CC. The number of allylic oxidation sites excluding steroid dienone is 1. The Kier molecular flexibility index (Phi) is 7.26. The lowest BCUT2D eigenvalue weighted by atomic mass is 9.90. The molecule has 0 fully saturated rings. The van der Waals surface area contributed by atoms with Gasteiger partial charge in [0.1, 0.15) is 5.82 Å². The molecule has 0 radical (unpaired) electrons. The van der Waals surface area contributed by atoms with Crippen molar-refractivity contribution in [2.24, 2.45) is 5.92 Å². The first-order chi connectivity index (χ1) is 17.1. The van der Waals surface area contributed by atoms with E-state index in [1.807, 2.05) is 6.92 Å². The monoisotopic (exact) mass is 492 g/mol. The fourth-order valence-corrected chi connectivity index (χ4v) is 5.19. The van der Waals surface area contributed by atoms with Crippen LogP contribution in [0, 0.1) is 18.7 Å². The molecule has 2 aromatic rings. The van der Waals surface area contributed by atoms with Gasteiger partial charge < -0.3 is 20.5 Å². The number of carbonyl (C=O) groups excluding carboxylic acids is 3. The van der Waals surface area contributed by atoms with Gasteiger partial charge >= 0.3 is 0 Å². The number of hydrogen-bond donors (Lipinski definition) is 3. The van der Waals surface area contributed by atoms with Crippen LogP contribution >= 0.6 is 0 Å². The Hall–Kier alpha value is -3.52. The van der Waals surface area contributed by atoms with Gasteiger partial charge in [-0.15, -0.1) is 0 Å². The minimum atomic E-state index is -0.568. The molecule has 1 aromatic heterocycles. The van der Waals surface area contributed by atoms with Crippen molar-refractivity contribution >= 4 is 40.6 Å². The second-order valence-electron chi connectivity index (χ2n) is 9.49. The molecule has 7 nitrogen and oxygen atoms in total. The van der Waals surface area contributed by atoms with Crippen LogP contribution in [0.15, 0.2) is 24.3 Å². The van der Waals surface area contributed by atoms with Gasteiger partial charge in [0.15, 0.2) is 5.78 Å². The highest BCUT2D eigenvalue weighted by Gasteiger charge is 2.32. The van der Waals surface area contributed by atoms with E-state index in [9.17, 15) is 18.8 Å². The number of rotatable bonds is 7. The molecule has 0 saturated heterocycles. The number of fused-ring (bicyclic) bond motifs is 2. The predicted molar refractivity (Wildman–Crippen MR) is 140 cm³/mol. The van der Waals surface area contributed by atoms with Gasteiger partial charge in [0.05, 0.1) is 16.9 Å². The van der Waals surface area contributed by atoms with Crippen LogP contribution in [0.5, 0.6) is 0 Å². The zero-order valence-corrected chi connectivity index (χ0v) is 21.3. The molecular weight excluding hydrogens is 459 g/mol. The summed E-state index contributed by atoms with van der Waals surface area (Å²) in [5.74, 6) is -1.27. The van der Waals surface area contributed by atoms with Gasteiger partial charge in [0, 0.05) is 29.4 Å². The first kappa shape index (κ1) is 25.6. The molecule has 1 atom stereocenters. The first-order valence-electron chi connectivity index (χ1n) is 12.5. The summed E-state index contributed by atoms with van der Waals surface area (Å²) in [6.45, 7) is 14.5. The van der Waals surface area contributed by atoms with Crippen LogP contribution in [0.2, 0.25) is 0 Å². The summed E-state index contributed by atoms with van der Waals surface area (Å²) in [5.41, 5.74) is 4.65. The first-order valence-corrected chi connectivity index (χ1v) is 12.5. The lowest BCUT2D eigenvalue weighted by Crippen LogP contribution is -2.26. The second-order valence-corrected chi connectivity index (χ2v) is 9.49. The van der Waals surface area contributed by atoms with Crippen LogP contribution < -0.4 is 10.6 Å². The molecule has 190 valence electrons. The smallest absolute Gasteiger partial charge is 0.256 e.